The third-order valence-electron chi connectivity index (χ3n) is 2.64. The predicted octanol–water partition coefficient (Wildman–Crippen LogP) is 1.21. The molecule has 114 valence electrons. The lowest BCUT2D eigenvalue weighted by molar-refractivity contribution is 0.597. The van der Waals surface area contributed by atoms with Gasteiger partial charge in [-0.3, -0.25) is 4.72 Å². The molecule has 0 aliphatic rings. The van der Waals surface area contributed by atoms with Crippen LogP contribution in [0, 0.1) is 13.8 Å². The van der Waals surface area contributed by atoms with Crippen LogP contribution in [-0.2, 0) is 20.0 Å². The van der Waals surface area contributed by atoms with Crippen molar-refractivity contribution < 1.29 is 16.8 Å². The summed E-state index contributed by atoms with van der Waals surface area (Å²) in [5, 5.41) is 5.66. The predicted molar refractivity (Wildman–Crippen MR) is 80.2 cm³/mol. The van der Waals surface area contributed by atoms with Gasteiger partial charge in [0.05, 0.1) is 21.8 Å². The zero-order valence-electron chi connectivity index (χ0n) is 11.2. The van der Waals surface area contributed by atoms with E-state index in [0.717, 1.165) is 11.3 Å². The SMILES string of the molecule is Cc1ncc(S(=O)(=O)Nc2ccc(S(N)(=O)=O)cc2C)s1. The molecule has 2 rings (SSSR count). The van der Waals surface area contributed by atoms with Crippen LogP contribution in [0.15, 0.2) is 33.5 Å². The van der Waals surface area contributed by atoms with E-state index in [1.54, 1.807) is 13.8 Å². The summed E-state index contributed by atoms with van der Waals surface area (Å²) in [5.74, 6) is 0. The second-order valence-corrected chi connectivity index (χ2v) is 9.03. The van der Waals surface area contributed by atoms with Gasteiger partial charge in [0.25, 0.3) is 10.0 Å². The van der Waals surface area contributed by atoms with E-state index >= 15 is 0 Å². The van der Waals surface area contributed by atoms with Gasteiger partial charge in [-0.05, 0) is 37.6 Å². The molecule has 0 bridgehead atoms. The van der Waals surface area contributed by atoms with E-state index < -0.39 is 20.0 Å². The van der Waals surface area contributed by atoms with Crippen molar-refractivity contribution in [3.8, 4) is 0 Å². The Hall–Kier alpha value is -1.49. The van der Waals surface area contributed by atoms with Crippen molar-refractivity contribution in [2.45, 2.75) is 23.0 Å². The monoisotopic (exact) mass is 347 g/mol. The zero-order chi connectivity index (χ0) is 15.8. The van der Waals surface area contributed by atoms with Gasteiger partial charge in [0.15, 0.2) is 4.21 Å². The number of sulfonamides is 2. The van der Waals surface area contributed by atoms with Crippen LogP contribution in [0.1, 0.15) is 10.6 Å². The average molecular weight is 347 g/mol. The number of hydrogen-bond acceptors (Lipinski definition) is 6. The summed E-state index contributed by atoms with van der Waals surface area (Å²) in [6.07, 6.45) is 1.27. The highest BCUT2D eigenvalue weighted by molar-refractivity contribution is 7.94. The van der Waals surface area contributed by atoms with Gasteiger partial charge < -0.3 is 0 Å². The highest BCUT2D eigenvalue weighted by atomic mass is 32.2. The minimum Gasteiger partial charge on any atom is -0.279 e. The molecule has 0 spiro atoms. The van der Waals surface area contributed by atoms with Gasteiger partial charge in [0, 0.05) is 0 Å². The van der Waals surface area contributed by atoms with Gasteiger partial charge in [-0.1, -0.05) is 0 Å². The number of aryl methyl sites for hydroxylation is 2. The van der Waals surface area contributed by atoms with Crippen molar-refractivity contribution >= 4 is 37.1 Å². The molecule has 10 heteroatoms. The van der Waals surface area contributed by atoms with Crippen LogP contribution < -0.4 is 9.86 Å². The molecule has 0 saturated heterocycles. The standard InChI is InChI=1S/C11H13N3O4S3/c1-7-5-9(20(12,15)16)3-4-10(7)14-21(17,18)11-6-13-8(2)19-11/h3-6,14H,1-2H3,(H2,12,15,16). The van der Waals surface area contributed by atoms with E-state index in [2.05, 4.69) is 9.71 Å². The third-order valence-corrected chi connectivity index (χ3v) is 6.29. The fourth-order valence-electron chi connectivity index (χ4n) is 1.59. The van der Waals surface area contributed by atoms with Crippen molar-refractivity contribution in [2.75, 3.05) is 4.72 Å². The Morgan fingerprint density at radius 1 is 1.19 bits per heavy atom. The van der Waals surface area contributed by atoms with Crippen molar-refractivity contribution in [1.82, 2.24) is 4.98 Å². The van der Waals surface area contributed by atoms with Gasteiger partial charge in [-0.15, -0.1) is 11.3 Å². The first kappa shape index (κ1) is 15.9. The molecule has 1 heterocycles. The Kier molecular flexibility index (Phi) is 4.06. The summed E-state index contributed by atoms with van der Waals surface area (Å²) in [7, 11) is -7.56. The first-order valence-corrected chi connectivity index (χ1v) is 9.53. The summed E-state index contributed by atoms with van der Waals surface area (Å²) in [6, 6.07) is 3.92. The number of nitrogens with one attached hydrogen (secondary N) is 1. The number of aromatic nitrogens is 1. The van der Waals surface area contributed by atoms with Gasteiger partial charge in [-0.2, -0.15) is 0 Å². The van der Waals surface area contributed by atoms with E-state index in [9.17, 15) is 16.8 Å². The zero-order valence-corrected chi connectivity index (χ0v) is 13.6. The molecule has 0 aliphatic heterocycles. The van der Waals surface area contributed by atoms with Crippen molar-refractivity contribution in [2.24, 2.45) is 5.14 Å². The third kappa shape index (κ3) is 3.59. The lowest BCUT2D eigenvalue weighted by Crippen LogP contribution is -2.14. The van der Waals surface area contributed by atoms with Gasteiger partial charge in [0.2, 0.25) is 10.0 Å². The molecule has 3 N–H and O–H groups in total. The second-order valence-electron chi connectivity index (χ2n) is 4.33. The Morgan fingerprint density at radius 3 is 2.33 bits per heavy atom. The first-order chi connectivity index (χ1) is 9.59. The lowest BCUT2D eigenvalue weighted by atomic mass is 10.2. The molecule has 0 fully saturated rings. The number of hydrogen-bond donors (Lipinski definition) is 2. The summed E-state index contributed by atoms with van der Waals surface area (Å²) in [4.78, 5) is 3.82. The molecule has 1 aromatic heterocycles. The van der Waals surface area contributed by atoms with Gasteiger partial charge in [0.1, 0.15) is 0 Å². The second kappa shape index (κ2) is 5.37. The fourth-order valence-corrected chi connectivity index (χ4v) is 4.43. The minimum absolute atomic E-state index is 0.0726. The minimum atomic E-state index is -3.82. The fraction of sp³-hybridized carbons (Fsp3) is 0.182. The number of nitrogens with zero attached hydrogens (tertiary/aromatic N) is 1. The highest BCUT2D eigenvalue weighted by Crippen LogP contribution is 2.24. The number of rotatable bonds is 4. The van der Waals surface area contributed by atoms with Crippen molar-refractivity contribution in [1.29, 1.82) is 0 Å². The summed E-state index contributed by atoms with van der Waals surface area (Å²) < 4.78 is 49.3. The van der Waals surface area contributed by atoms with E-state index in [1.807, 2.05) is 0 Å². The van der Waals surface area contributed by atoms with E-state index in [-0.39, 0.29) is 14.8 Å². The molecule has 0 aliphatic carbocycles. The Labute approximate surface area is 126 Å². The maximum atomic E-state index is 12.2. The molecule has 0 amide bonds. The quantitative estimate of drug-likeness (QED) is 0.861. The lowest BCUT2D eigenvalue weighted by Gasteiger charge is -2.10. The molecular formula is C11H13N3O4S3. The molecule has 0 atom stereocenters. The van der Waals surface area contributed by atoms with Gasteiger partial charge >= 0.3 is 0 Å². The molecular weight excluding hydrogens is 334 g/mol. The maximum absolute atomic E-state index is 12.2. The Morgan fingerprint density at radius 2 is 1.86 bits per heavy atom. The first-order valence-electron chi connectivity index (χ1n) is 5.68. The van der Waals surface area contributed by atoms with E-state index in [4.69, 9.17) is 5.14 Å². The maximum Gasteiger partial charge on any atom is 0.273 e. The number of primary sulfonamides is 1. The number of benzene rings is 1. The van der Waals surface area contributed by atoms with Crippen molar-refractivity contribution in [3.63, 3.8) is 0 Å². The number of thiazole rings is 1. The number of anilines is 1. The molecule has 0 radical (unpaired) electrons. The van der Waals surface area contributed by atoms with Crippen LogP contribution in [-0.4, -0.2) is 21.8 Å². The smallest absolute Gasteiger partial charge is 0.273 e. The molecule has 21 heavy (non-hydrogen) atoms. The molecule has 0 saturated carbocycles. The van der Waals surface area contributed by atoms with Crippen LogP contribution in [0.5, 0.6) is 0 Å². The van der Waals surface area contributed by atoms with Crippen LogP contribution in [0.25, 0.3) is 0 Å². The van der Waals surface area contributed by atoms with E-state index in [0.29, 0.717) is 10.6 Å². The highest BCUT2D eigenvalue weighted by Gasteiger charge is 2.19. The summed E-state index contributed by atoms with van der Waals surface area (Å²) in [5.41, 5.74) is 0.736. The molecule has 2 aromatic rings. The van der Waals surface area contributed by atoms with Crippen molar-refractivity contribution in [3.05, 3.63) is 35.0 Å². The summed E-state index contributed by atoms with van der Waals surface area (Å²) >= 11 is 1.05. The topological polar surface area (TPSA) is 119 Å². The van der Waals surface area contributed by atoms with E-state index in [1.165, 1.54) is 24.4 Å². The van der Waals surface area contributed by atoms with Crippen LogP contribution in [0.4, 0.5) is 5.69 Å². The van der Waals surface area contributed by atoms with Gasteiger partial charge in [-0.25, -0.2) is 27.0 Å². The van der Waals surface area contributed by atoms with Crippen LogP contribution in [0.2, 0.25) is 0 Å². The summed E-state index contributed by atoms with van der Waals surface area (Å²) in [6.45, 7) is 3.29. The van der Waals surface area contributed by atoms with Crippen LogP contribution in [0.3, 0.4) is 0 Å². The average Bonchev–Trinajstić information content (AvgIpc) is 2.78. The molecule has 7 nitrogen and oxygen atoms in total. The largest absolute Gasteiger partial charge is 0.279 e. The molecule has 1 aromatic carbocycles. The Balaban J connectivity index is 2.36. The molecule has 0 unspecified atom stereocenters. The Bertz CT molecular complexity index is 885. The van der Waals surface area contributed by atoms with Crippen LogP contribution >= 0.6 is 11.3 Å². The number of nitrogens with two attached hydrogens (primary N) is 1. The normalized spacial score (nSPS) is 12.3.